The van der Waals surface area contributed by atoms with Gasteiger partial charge in [-0.25, -0.2) is 0 Å². The monoisotopic (exact) mass is 283 g/mol. The number of rotatable bonds is 10. The molecular weight excluding hydrogens is 262 g/mol. The maximum Gasteiger partial charge on any atom is 0.204 e. The van der Waals surface area contributed by atoms with E-state index in [2.05, 4.69) is 6.92 Å². The minimum atomic E-state index is -0.339. The molecule has 0 heterocycles. The Balaban J connectivity index is 2.33. The maximum absolute atomic E-state index is 10.1. The lowest BCUT2D eigenvalue weighted by Gasteiger charge is -2.10. The van der Waals surface area contributed by atoms with E-state index in [0.29, 0.717) is 37.6 Å². The third-order valence-electron chi connectivity index (χ3n) is 2.69. The Bertz CT molecular complexity index is 422. The van der Waals surface area contributed by atoms with Crippen molar-refractivity contribution in [1.29, 1.82) is 0 Å². The molecule has 0 fully saturated rings. The second-order valence-electron chi connectivity index (χ2n) is 4.44. The van der Waals surface area contributed by atoms with Gasteiger partial charge in [0.05, 0.1) is 13.2 Å². The van der Waals surface area contributed by atoms with Crippen LogP contribution in [0.4, 0.5) is 0 Å². The zero-order valence-corrected chi connectivity index (χ0v) is 11.7. The summed E-state index contributed by atoms with van der Waals surface area (Å²) in [6.07, 6.45) is 3.06. The first kappa shape index (κ1) is 16.1. The van der Waals surface area contributed by atoms with Gasteiger partial charge in [-0.05, 0) is 25.0 Å². The zero-order valence-electron chi connectivity index (χ0n) is 11.7. The molecule has 1 rings (SSSR count). The van der Waals surface area contributed by atoms with Crippen LogP contribution in [0.15, 0.2) is 18.2 Å². The SMILES string of the molecule is CCCCOc1ccc(OCCCC[N+](=O)[O-])cc1O. The lowest BCUT2D eigenvalue weighted by Crippen LogP contribution is -2.04. The molecule has 0 bridgehead atoms. The van der Waals surface area contributed by atoms with Gasteiger partial charge in [-0.15, -0.1) is 0 Å². The Kier molecular flexibility index (Phi) is 7.24. The van der Waals surface area contributed by atoms with Gasteiger partial charge in [0.15, 0.2) is 11.5 Å². The average Bonchev–Trinajstić information content (AvgIpc) is 2.40. The van der Waals surface area contributed by atoms with Crippen LogP contribution < -0.4 is 9.47 Å². The first-order valence-corrected chi connectivity index (χ1v) is 6.84. The van der Waals surface area contributed by atoms with Crippen molar-refractivity contribution in [2.45, 2.75) is 32.6 Å². The largest absolute Gasteiger partial charge is 0.504 e. The van der Waals surface area contributed by atoms with Crippen LogP contribution in [-0.2, 0) is 0 Å². The maximum atomic E-state index is 10.1. The van der Waals surface area contributed by atoms with E-state index in [-0.39, 0.29) is 17.2 Å². The fourth-order valence-electron chi connectivity index (χ4n) is 1.57. The van der Waals surface area contributed by atoms with Crippen molar-refractivity contribution in [1.82, 2.24) is 0 Å². The quantitative estimate of drug-likeness (QED) is 0.405. The molecule has 0 spiro atoms. The topological polar surface area (TPSA) is 81.8 Å². The first-order chi connectivity index (χ1) is 9.63. The average molecular weight is 283 g/mol. The lowest BCUT2D eigenvalue weighted by molar-refractivity contribution is -0.480. The van der Waals surface area contributed by atoms with Crippen LogP contribution in [0.2, 0.25) is 0 Å². The zero-order chi connectivity index (χ0) is 14.8. The summed E-state index contributed by atoms with van der Waals surface area (Å²) < 4.78 is 10.8. The number of nitro groups is 1. The molecule has 0 aliphatic rings. The smallest absolute Gasteiger partial charge is 0.204 e. The van der Waals surface area contributed by atoms with Crippen LogP contribution in [0.3, 0.4) is 0 Å². The molecule has 0 saturated carbocycles. The predicted octanol–water partition coefficient (Wildman–Crippen LogP) is 3.01. The van der Waals surface area contributed by atoms with Crippen LogP contribution in [0.1, 0.15) is 32.6 Å². The van der Waals surface area contributed by atoms with Gasteiger partial charge in [-0.3, -0.25) is 10.1 Å². The molecule has 6 nitrogen and oxygen atoms in total. The molecule has 0 aromatic heterocycles. The van der Waals surface area contributed by atoms with Gasteiger partial charge in [-0.1, -0.05) is 13.3 Å². The summed E-state index contributed by atoms with van der Waals surface area (Å²) >= 11 is 0. The number of unbranched alkanes of at least 4 members (excludes halogenated alkanes) is 2. The highest BCUT2D eigenvalue weighted by atomic mass is 16.6. The number of benzene rings is 1. The van der Waals surface area contributed by atoms with E-state index in [1.54, 1.807) is 12.1 Å². The number of ether oxygens (including phenoxy) is 2. The lowest BCUT2D eigenvalue weighted by atomic mass is 10.3. The van der Waals surface area contributed by atoms with E-state index >= 15 is 0 Å². The highest BCUT2D eigenvalue weighted by Gasteiger charge is 2.05. The highest BCUT2D eigenvalue weighted by molar-refractivity contribution is 5.44. The van der Waals surface area contributed by atoms with Crippen molar-refractivity contribution >= 4 is 0 Å². The molecule has 0 radical (unpaired) electrons. The van der Waals surface area contributed by atoms with E-state index in [4.69, 9.17) is 9.47 Å². The van der Waals surface area contributed by atoms with Crippen molar-refractivity contribution in [3.63, 3.8) is 0 Å². The molecule has 0 amide bonds. The summed E-state index contributed by atoms with van der Waals surface area (Å²) in [5.41, 5.74) is 0. The second kappa shape index (κ2) is 9.01. The highest BCUT2D eigenvalue weighted by Crippen LogP contribution is 2.30. The molecule has 1 N–H and O–H groups in total. The number of hydrogen-bond donors (Lipinski definition) is 1. The summed E-state index contributed by atoms with van der Waals surface area (Å²) in [7, 11) is 0. The van der Waals surface area contributed by atoms with Crippen molar-refractivity contribution in [2.75, 3.05) is 19.8 Å². The Morgan fingerprint density at radius 3 is 2.60 bits per heavy atom. The van der Waals surface area contributed by atoms with Crippen molar-refractivity contribution < 1.29 is 19.5 Å². The molecular formula is C14H21NO5. The van der Waals surface area contributed by atoms with Gasteiger partial charge >= 0.3 is 0 Å². The van der Waals surface area contributed by atoms with Gasteiger partial charge in [0, 0.05) is 17.4 Å². The molecule has 0 aliphatic heterocycles. The van der Waals surface area contributed by atoms with Crippen molar-refractivity contribution in [3.8, 4) is 17.2 Å². The molecule has 1 aromatic rings. The third kappa shape index (κ3) is 6.26. The fraction of sp³-hybridized carbons (Fsp3) is 0.571. The van der Waals surface area contributed by atoms with Crippen LogP contribution in [0, 0.1) is 10.1 Å². The van der Waals surface area contributed by atoms with Gasteiger partial charge in [0.25, 0.3) is 0 Å². The molecule has 0 aliphatic carbocycles. The molecule has 20 heavy (non-hydrogen) atoms. The number of nitrogens with zero attached hydrogens (tertiary/aromatic N) is 1. The molecule has 0 unspecified atom stereocenters. The molecule has 112 valence electrons. The minimum Gasteiger partial charge on any atom is -0.504 e. The first-order valence-electron chi connectivity index (χ1n) is 6.84. The number of phenols is 1. The van der Waals surface area contributed by atoms with E-state index in [1.807, 2.05) is 0 Å². The minimum absolute atomic E-state index is 0.0428. The summed E-state index contributed by atoms with van der Waals surface area (Å²) in [6, 6.07) is 4.88. The summed E-state index contributed by atoms with van der Waals surface area (Å²) in [5.74, 6) is 1.02. The normalized spacial score (nSPS) is 10.2. The second-order valence-corrected chi connectivity index (χ2v) is 4.44. The van der Waals surface area contributed by atoms with Crippen molar-refractivity contribution in [3.05, 3.63) is 28.3 Å². The van der Waals surface area contributed by atoms with E-state index in [9.17, 15) is 15.2 Å². The standard InChI is InChI=1S/C14H21NO5/c1-2-3-9-20-14-7-6-12(11-13(14)16)19-10-5-4-8-15(17)18/h6-7,11,16H,2-5,8-10H2,1H3. The molecule has 0 saturated heterocycles. The summed E-state index contributed by atoms with van der Waals surface area (Å²) in [6.45, 7) is 2.99. The van der Waals surface area contributed by atoms with Gasteiger partial charge in [-0.2, -0.15) is 0 Å². The van der Waals surface area contributed by atoms with Crippen LogP contribution in [0.25, 0.3) is 0 Å². The Morgan fingerprint density at radius 1 is 1.20 bits per heavy atom. The van der Waals surface area contributed by atoms with Gasteiger partial charge in [0.2, 0.25) is 6.54 Å². The summed E-state index contributed by atoms with van der Waals surface area (Å²) in [4.78, 5) is 9.80. The summed E-state index contributed by atoms with van der Waals surface area (Å²) in [5, 5.41) is 19.9. The number of phenolic OH excluding ortho intramolecular Hbond substituents is 1. The number of aromatic hydroxyl groups is 1. The van der Waals surface area contributed by atoms with Gasteiger partial charge in [0.1, 0.15) is 5.75 Å². The fourth-order valence-corrected chi connectivity index (χ4v) is 1.57. The predicted molar refractivity (Wildman–Crippen MR) is 75.1 cm³/mol. The van der Waals surface area contributed by atoms with Crippen LogP contribution in [0.5, 0.6) is 17.2 Å². The van der Waals surface area contributed by atoms with Gasteiger partial charge < -0.3 is 14.6 Å². The molecule has 1 aromatic carbocycles. The van der Waals surface area contributed by atoms with E-state index < -0.39 is 0 Å². The molecule has 6 heteroatoms. The van der Waals surface area contributed by atoms with Crippen LogP contribution in [-0.4, -0.2) is 29.8 Å². The van der Waals surface area contributed by atoms with E-state index in [1.165, 1.54) is 6.07 Å². The van der Waals surface area contributed by atoms with E-state index in [0.717, 1.165) is 12.8 Å². The Hall–Kier alpha value is -1.98. The third-order valence-corrected chi connectivity index (χ3v) is 2.69. The van der Waals surface area contributed by atoms with Crippen molar-refractivity contribution in [2.24, 2.45) is 0 Å². The number of hydrogen-bond acceptors (Lipinski definition) is 5. The van der Waals surface area contributed by atoms with Crippen LogP contribution >= 0.6 is 0 Å². The Morgan fingerprint density at radius 2 is 1.95 bits per heavy atom. The Labute approximate surface area is 118 Å². The molecule has 0 atom stereocenters.